The van der Waals surface area contributed by atoms with E-state index in [2.05, 4.69) is 73.5 Å². The van der Waals surface area contributed by atoms with E-state index in [-0.39, 0.29) is 0 Å². The summed E-state index contributed by atoms with van der Waals surface area (Å²) in [4.78, 5) is 0. The highest BCUT2D eigenvalue weighted by Crippen LogP contribution is 2.23. The highest BCUT2D eigenvalue weighted by atomic mass is 15.1. The number of hydrogen-bond donors (Lipinski definition) is 0. The lowest BCUT2D eigenvalue weighted by atomic mass is 10.0. The Morgan fingerprint density at radius 3 is 1.85 bits per heavy atom. The Balaban J connectivity index is 1.86. The number of hydrogen-bond acceptors (Lipinski definition) is 2. The Morgan fingerprint density at radius 2 is 1.22 bits per heavy atom. The second-order valence-electron chi connectivity index (χ2n) is 7.60. The molecule has 0 heterocycles. The van der Waals surface area contributed by atoms with Crippen molar-refractivity contribution in [2.24, 2.45) is 10.2 Å². The molecule has 0 aliphatic carbocycles. The van der Waals surface area contributed by atoms with E-state index in [1.165, 1.54) is 74.5 Å². The lowest BCUT2D eigenvalue weighted by molar-refractivity contribution is 0.665. The SMILES string of the molecule is CCCCCCc1ccc(N=Nc2ccc(CCCCCC)c(C)c2)cc1. The van der Waals surface area contributed by atoms with E-state index in [4.69, 9.17) is 0 Å². The highest BCUT2D eigenvalue weighted by molar-refractivity contribution is 5.45. The third kappa shape index (κ3) is 8.07. The van der Waals surface area contributed by atoms with Gasteiger partial charge in [-0.05, 0) is 73.6 Å². The maximum Gasteiger partial charge on any atom is 0.0859 e. The molecule has 0 aliphatic heterocycles. The molecule has 146 valence electrons. The molecular weight excluding hydrogens is 328 g/mol. The number of azo groups is 1. The Kier molecular flexibility index (Phi) is 9.83. The highest BCUT2D eigenvalue weighted by Gasteiger charge is 2.01. The van der Waals surface area contributed by atoms with Crippen molar-refractivity contribution < 1.29 is 0 Å². The zero-order valence-electron chi connectivity index (χ0n) is 17.5. The minimum Gasteiger partial charge on any atom is -0.151 e. The number of rotatable bonds is 12. The van der Waals surface area contributed by atoms with Crippen molar-refractivity contribution in [3.8, 4) is 0 Å². The van der Waals surface area contributed by atoms with Gasteiger partial charge in [0.25, 0.3) is 0 Å². The fraction of sp³-hybridized carbons (Fsp3) is 0.520. The van der Waals surface area contributed by atoms with Gasteiger partial charge >= 0.3 is 0 Å². The maximum atomic E-state index is 4.43. The summed E-state index contributed by atoms with van der Waals surface area (Å²) in [6, 6.07) is 15.0. The van der Waals surface area contributed by atoms with Crippen LogP contribution in [0.2, 0.25) is 0 Å². The normalized spacial score (nSPS) is 11.4. The van der Waals surface area contributed by atoms with Gasteiger partial charge in [0, 0.05) is 0 Å². The van der Waals surface area contributed by atoms with Crippen molar-refractivity contribution in [3.05, 3.63) is 59.2 Å². The van der Waals surface area contributed by atoms with Crippen LogP contribution in [0.3, 0.4) is 0 Å². The van der Waals surface area contributed by atoms with Crippen LogP contribution >= 0.6 is 0 Å². The number of unbranched alkanes of at least 4 members (excludes halogenated alkanes) is 6. The van der Waals surface area contributed by atoms with Crippen LogP contribution in [0.1, 0.15) is 81.9 Å². The van der Waals surface area contributed by atoms with Crippen LogP contribution in [0.25, 0.3) is 0 Å². The summed E-state index contributed by atoms with van der Waals surface area (Å²) in [5, 5.41) is 8.84. The Hall–Kier alpha value is -1.96. The zero-order valence-corrected chi connectivity index (χ0v) is 17.5. The molecule has 0 spiro atoms. The van der Waals surface area contributed by atoms with E-state index in [1.807, 2.05) is 0 Å². The third-order valence-electron chi connectivity index (χ3n) is 5.16. The Bertz CT molecular complexity index is 686. The van der Waals surface area contributed by atoms with Gasteiger partial charge in [-0.25, -0.2) is 0 Å². The second kappa shape index (κ2) is 12.4. The van der Waals surface area contributed by atoms with E-state index >= 15 is 0 Å². The third-order valence-corrected chi connectivity index (χ3v) is 5.16. The quantitative estimate of drug-likeness (QED) is 0.266. The van der Waals surface area contributed by atoms with Gasteiger partial charge in [0.05, 0.1) is 11.4 Å². The van der Waals surface area contributed by atoms with Crippen LogP contribution < -0.4 is 0 Å². The molecule has 0 unspecified atom stereocenters. The predicted octanol–water partition coefficient (Wildman–Crippen LogP) is 8.66. The van der Waals surface area contributed by atoms with Crippen molar-refractivity contribution in [1.29, 1.82) is 0 Å². The van der Waals surface area contributed by atoms with Gasteiger partial charge < -0.3 is 0 Å². The van der Waals surface area contributed by atoms with Crippen molar-refractivity contribution >= 4 is 11.4 Å². The molecule has 2 aromatic carbocycles. The molecule has 2 nitrogen and oxygen atoms in total. The van der Waals surface area contributed by atoms with E-state index < -0.39 is 0 Å². The first-order valence-electron chi connectivity index (χ1n) is 10.8. The molecule has 0 atom stereocenters. The summed E-state index contributed by atoms with van der Waals surface area (Å²) in [7, 11) is 0. The first-order valence-corrected chi connectivity index (χ1v) is 10.8. The Labute approximate surface area is 166 Å². The molecular formula is C25H36N2. The van der Waals surface area contributed by atoms with Gasteiger partial charge in [0.1, 0.15) is 0 Å². The summed E-state index contributed by atoms with van der Waals surface area (Å²) >= 11 is 0. The van der Waals surface area contributed by atoms with E-state index in [0.29, 0.717) is 0 Å². The van der Waals surface area contributed by atoms with Gasteiger partial charge in [-0.15, -0.1) is 0 Å². The zero-order chi connectivity index (χ0) is 19.3. The molecule has 27 heavy (non-hydrogen) atoms. The van der Waals surface area contributed by atoms with Crippen LogP contribution in [0.4, 0.5) is 11.4 Å². The van der Waals surface area contributed by atoms with E-state index in [1.54, 1.807) is 0 Å². The second-order valence-corrected chi connectivity index (χ2v) is 7.60. The molecule has 0 aromatic heterocycles. The molecule has 0 amide bonds. The first kappa shape index (κ1) is 21.3. The van der Waals surface area contributed by atoms with Crippen LogP contribution in [0.15, 0.2) is 52.7 Å². The monoisotopic (exact) mass is 364 g/mol. The molecule has 2 rings (SSSR count). The summed E-state index contributed by atoms with van der Waals surface area (Å²) in [6.07, 6.45) is 12.8. The van der Waals surface area contributed by atoms with Gasteiger partial charge in [0.2, 0.25) is 0 Å². The average Bonchev–Trinajstić information content (AvgIpc) is 2.69. The first-order chi connectivity index (χ1) is 13.2. The molecule has 2 aromatic rings. The van der Waals surface area contributed by atoms with Gasteiger partial charge in [-0.2, -0.15) is 10.2 Å². The van der Waals surface area contributed by atoms with Crippen LogP contribution in [-0.4, -0.2) is 0 Å². The lowest BCUT2D eigenvalue weighted by Crippen LogP contribution is -1.89. The fourth-order valence-electron chi connectivity index (χ4n) is 3.37. The fourth-order valence-corrected chi connectivity index (χ4v) is 3.37. The summed E-state index contributed by atoms with van der Waals surface area (Å²) in [5.41, 5.74) is 6.03. The average molecular weight is 365 g/mol. The van der Waals surface area contributed by atoms with Crippen molar-refractivity contribution in [1.82, 2.24) is 0 Å². The minimum atomic E-state index is 0.925. The van der Waals surface area contributed by atoms with Gasteiger partial charge in [-0.3, -0.25) is 0 Å². The Morgan fingerprint density at radius 1 is 0.630 bits per heavy atom. The molecule has 0 aliphatic rings. The topological polar surface area (TPSA) is 24.7 Å². The minimum absolute atomic E-state index is 0.925. The van der Waals surface area contributed by atoms with Crippen LogP contribution in [0, 0.1) is 6.92 Å². The summed E-state index contributed by atoms with van der Waals surface area (Å²) in [5.74, 6) is 0. The molecule has 0 radical (unpaired) electrons. The molecule has 0 N–H and O–H groups in total. The number of aryl methyl sites for hydroxylation is 3. The van der Waals surface area contributed by atoms with Crippen LogP contribution in [-0.2, 0) is 12.8 Å². The van der Waals surface area contributed by atoms with Gasteiger partial charge in [0.15, 0.2) is 0 Å². The molecule has 0 bridgehead atoms. The lowest BCUT2D eigenvalue weighted by Gasteiger charge is -2.06. The van der Waals surface area contributed by atoms with Crippen molar-refractivity contribution in [2.45, 2.75) is 85.0 Å². The maximum absolute atomic E-state index is 4.43. The molecule has 0 saturated carbocycles. The predicted molar refractivity (Wildman–Crippen MR) is 117 cm³/mol. The van der Waals surface area contributed by atoms with E-state index in [9.17, 15) is 0 Å². The largest absolute Gasteiger partial charge is 0.151 e. The number of benzene rings is 2. The van der Waals surface area contributed by atoms with Crippen LogP contribution in [0.5, 0.6) is 0 Å². The smallest absolute Gasteiger partial charge is 0.0859 e. The molecule has 2 heteroatoms. The summed E-state index contributed by atoms with van der Waals surface area (Å²) < 4.78 is 0. The number of nitrogens with zero attached hydrogens (tertiary/aromatic N) is 2. The molecule has 0 saturated heterocycles. The van der Waals surface area contributed by atoms with Crippen molar-refractivity contribution in [2.75, 3.05) is 0 Å². The van der Waals surface area contributed by atoms with E-state index in [0.717, 1.165) is 17.8 Å². The molecule has 0 fully saturated rings. The van der Waals surface area contributed by atoms with Crippen molar-refractivity contribution in [3.63, 3.8) is 0 Å². The standard InChI is InChI=1S/C25H36N2/c1-4-6-8-10-12-22-14-17-24(18-15-22)26-27-25-19-16-23(21(3)20-25)13-11-9-7-5-2/h14-20H,4-13H2,1-3H3. The van der Waals surface area contributed by atoms with Gasteiger partial charge in [-0.1, -0.05) is 70.6 Å². The summed E-state index contributed by atoms with van der Waals surface area (Å²) in [6.45, 7) is 6.69.